The Bertz CT molecular complexity index is 548. The molecule has 0 saturated carbocycles. The van der Waals surface area contributed by atoms with Crippen LogP contribution in [0.5, 0.6) is 5.75 Å². The van der Waals surface area contributed by atoms with Gasteiger partial charge in [0, 0.05) is 18.2 Å². The standard InChI is InChI=1S/C16H24N2O4/c1-7-21-15(20)13-9-11(22-16(4,5)6)8-12(18-13)14(19)17-10(2)3/h8-10H,7H2,1-6H3,(H,17,19). The Morgan fingerprint density at radius 3 is 2.32 bits per heavy atom. The first-order valence-corrected chi connectivity index (χ1v) is 7.31. The molecule has 0 bridgehead atoms. The summed E-state index contributed by atoms with van der Waals surface area (Å²) in [4.78, 5) is 28.1. The lowest BCUT2D eigenvalue weighted by Crippen LogP contribution is -2.31. The van der Waals surface area contributed by atoms with E-state index in [1.165, 1.54) is 12.1 Å². The summed E-state index contributed by atoms with van der Waals surface area (Å²) in [6.45, 7) is 11.3. The Morgan fingerprint density at radius 1 is 1.23 bits per heavy atom. The van der Waals surface area contributed by atoms with Crippen molar-refractivity contribution in [2.45, 2.75) is 53.2 Å². The fraction of sp³-hybridized carbons (Fsp3) is 0.562. The van der Waals surface area contributed by atoms with Crippen molar-refractivity contribution < 1.29 is 19.1 Å². The van der Waals surface area contributed by atoms with Gasteiger partial charge in [0.2, 0.25) is 0 Å². The number of nitrogens with zero attached hydrogens (tertiary/aromatic N) is 1. The molecule has 0 radical (unpaired) electrons. The van der Waals surface area contributed by atoms with Crippen molar-refractivity contribution in [3.8, 4) is 5.75 Å². The fourth-order valence-corrected chi connectivity index (χ4v) is 1.68. The van der Waals surface area contributed by atoms with Gasteiger partial charge in [0.05, 0.1) is 6.61 Å². The molecular formula is C16H24N2O4. The van der Waals surface area contributed by atoms with Crippen molar-refractivity contribution in [3.63, 3.8) is 0 Å². The van der Waals surface area contributed by atoms with Gasteiger partial charge in [-0.2, -0.15) is 0 Å². The number of amides is 1. The van der Waals surface area contributed by atoms with Crippen LogP contribution in [0.1, 0.15) is 62.5 Å². The summed E-state index contributed by atoms with van der Waals surface area (Å²) in [6, 6.07) is 2.97. The minimum Gasteiger partial charge on any atom is -0.488 e. The van der Waals surface area contributed by atoms with Crippen molar-refractivity contribution in [2.24, 2.45) is 0 Å². The molecule has 6 heteroatoms. The van der Waals surface area contributed by atoms with Crippen LogP contribution in [0.15, 0.2) is 12.1 Å². The molecule has 0 aliphatic carbocycles. The first kappa shape index (κ1) is 17.9. The minimum absolute atomic E-state index is 0.0347. The van der Waals surface area contributed by atoms with Crippen molar-refractivity contribution in [2.75, 3.05) is 6.61 Å². The highest BCUT2D eigenvalue weighted by Gasteiger charge is 2.19. The predicted molar refractivity (Wildman–Crippen MR) is 83.2 cm³/mol. The summed E-state index contributed by atoms with van der Waals surface area (Å²) in [5.74, 6) is -0.542. The normalized spacial score (nSPS) is 11.2. The summed E-state index contributed by atoms with van der Waals surface area (Å²) in [7, 11) is 0. The summed E-state index contributed by atoms with van der Waals surface area (Å²) >= 11 is 0. The number of pyridine rings is 1. The van der Waals surface area contributed by atoms with Crippen LogP contribution in [0.3, 0.4) is 0 Å². The van der Waals surface area contributed by atoms with Gasteiger partial charge < -0.3 is 14.8 Å². The predicted octanol–water partition coefficient (Wildman–Crippen LogP) is 2.57. The Labute approximate surface area is 131 Å². The SMILES string of the molecule is CCOC(=O)c1cc(OC(C)(C)C)cc(C(=O)NC(C)C)n1. The molecule has 1 N–H and O–H groups in total. The zero-order valence-corrected chi connectivity index (χ0v) is 14.0. The van der Waals surface area contributed by atoms with Gasteiger partial charge in [-0.15, -0.1) is 0 Å². The molecule has 1 aromatic heterocycles. The maximum Gasteiger partial charge on any atom is 0.357 e. The van der Waals surface area contributed by atoms with E-state index in [9.17, 15) is 9.59 Å². The third-order valence-electron chi connectivity index (χ3n) is 2.36. The third-order valence-corrected chi connectivity index (χ3v) is 2.36. The maximum atomic E-state index is 12.1. The number of hydrogen-bond donors (Lipinski definition) is 1. The largest absolute Gasteiger partial charge is 0.488 e. The molecule has 0 atom stereocenters. The second kappa shape index (κ2) is 7.24. The molecule has 0 unspecified atom stereocenters. The van der Waals surface area contributed by atoms with E-state index >= 15 is 0 Å². The topological polar surface area (TPSA) is 77.5 Å². The third kappa shape index (κ3) is 5.71. The molecular weight excluding hydrogens is 284 g/mol. The van der Waals surface area contributed by atoms with Gasteiger partial charge in [0.15, 0.2) is 5.69 Å². The van der Waals surface area contributed by atoms with E-state index in [-0.39, 0.29) is 29.9 Å². The Hall–Kier alpha value is -2.11. The van der Waals surface area contributed by atoms with Gasteiger partial charge in [-0.05, 0) is 41.5 Å². The van der Waals surface area contributed by atoms with Crippen molar-refractivity contribution in [1.29, 1.82) is 0 Å². The van der Waals surface area contributed by atoms with Crippen LogP contribution in [-0.2, 0) is 4.74 Å². The molecule has 6 nitrogen and oxygen atoms in total. The lowest BCUT2D eigenvalue weighted by molar-refractivity contribution is 0.0517. The van der Waals surface area contributed by atoms with E-state index in [2.05, 4.69) is 10.3 Å². The smallest absolute Gasteiger partial charge is 0.357 e. The van der Waals surface area contributed by atoms with E-state index in [1.807, 2.05) is 34.6 Å². The number of ether oxygens (including phenoxy) is 2. The van der Waals surface area contributed by atoms with Gasteiger partial charge in [-0.25, -0.2) is 9.78 Å². The number of nitrogens with one attached hydrogen (secondary N) is 1. The highest BCUT2D eigenvalue weighted by molar-refractivity contribution is 5.95. The number of hydrogen-bond acceptors (Lipinski definition) is 5. The highest BCUT2D eigenvalue weighted by Crippen LogP contribution is 2.20. The van der Waals surface area contributed by atoms with E-state index in [1.54, 1.807) is 6.92 Å². The van der Waals surface area contributed by atoms with Gasteiger partial charge in [0.25, 0.3) is 5.91 Å². The van der Waals surface area contributed by atoms with Crippen LogP contribution >= 0.6 is 0 Å². The number of carbonyl (C=O) groups excluding carboxylic acids is 2. The van der Waals surface area contributed by atoms with Crippen molar-refractivity contribution in [1.82, 2.24) is 10.3 Å². The average molecular weight is 308 g/mol. The first-order chi connectivity index (χ1) is 10.1. The van der Waals surface area contributed by atoms with Crippen LogP contribution in [0.4, 0.5) is 0 Å². The number of esters is 1. The molecule has 0 aliphatic heterocycles. The maximum absolute atomic E-state index is 12.1. The van der Waals surface area contributed by atoms with E-state index in [0.29, 0.717) is 5.75 Å². The molecule has 122 valence electrons. The molecule has 0 aromatic carbocycles. The van der Waals surface area contributed by atoms with Crippen LogP contribution in [0.25, 0.3) is 0 Å². The van der Waals surface area contributed by atoms with E-state index < -0.39 is 11.6 Å². The van der Waals surface area contributed by atoms with Crippen molar-refractivity contribution in [3.05, 3.63) is 23.5 Å². The Balaban J connectivity index is 3.20. The first-order valence-electron chi connectivity index (χ1n) is 7.31. The lowest BCUT2D eigenvalue weighted by Gasteiger charge is -2.22. The molecule has 0 saturated heterocycles. The molecule has 1 amide bonds. The van der Waals surface area contributed by atoms with Gasteiger partial charge >= 0.3 is 5.97 Å². The second-order valence-corrected chi connectivity index (χ2v) is 6.14. The summed E-state index contributed by atoms with van der Waals surface area (Å²) < 4.78 is 10.7. The van der Waals surface area contributed by atoms with Crippen LogP contribution < -0.4 is 10.1 Å². The average Bonchev–Trinajstić information content (AvgIpc) is 2.35. The molecule has 0 aliphatic rings. The zero-order valence-electron chi connectivity index (χ0n) is 14.0. The fourth-order valence-electron chi connectivity index (χ4n) is 1.68. The van der Waals surface area contributed by atoms with E-state index in [0.717, 1.165) is 0 Å². The summed E-state index contributed by atoms with van der Waals surface area (Å²) in [5.41, 5.74) is -0.282. The Kier molecular flexibility index (Phi) is 5.91. The quantitative estimate of drug-likeness (QED) is 0.846. The highest BCUT2D eigenvalue weighted by atomic mass is 16.5. The number of aromatic nitrogens is 1. The van der Waals surface area contributed by atoms with Gasteiger partial charge in [-0.1, -0.05) is 0 Å². The van der Waals surface area contributed by atoms with E-state index in [4.69, 9.17) is 9.47 Å². The van der Waals surface area contributed by atoms with Crippen LogP contribution in [0.2, 0.25) is 0 Å². The van der Waals surface area contributed by atoms with Crippen LogP contribution in [0, 0.1) is 0 Å². The van der Waals surface area contributed by atoms with Crippen molar-refractivity contribution >= 4 is 11.9 Å². The number of carbonyl (C=O) groups is 2. The monoisotopic (exact) mass is 308 g/mol. The van der Waals surface area contributed by atoms with Gasteiger partial charge in [-0.3, -0.25) is 4.79 Å². The van der Waals surface area contributed by atoms with Gasteiger partial charge in [0.1, 0.15) is 17.0 Å². The molecule has 1 heterocycles. The lowest BCUT2D eigenvalue weighted by atomic mass is 10.2. The summed E-state index contributed by atoms with van der Waals surface area (Å²) in [6.07, 6.45) is 0. The van der Waals surface area contributed by atoms with Crippen LogP contribution in [-0.4, -0.2) is 35.1 Å². The zero-order chi connectivity index (χ0) is 16.9. The molecule has 0 spiro atoms. The number of rotatable bonds is 5. The molecule has 1 aromatic rings. The molecule has 22 heavy (non-hydrogen) atoms. The Morgan fingerprint density at radius 2 is 1.82 bits per heavy atom. The molecule has 0 fully saturated rings. The second-order valence-electron chi connectivity index (χ2n) is 6.14. The minimum atomic E-state index is -0.583. The summed E-state index contributed by atoms with van der Waals surface area (Å²) in [5, 5.41) is 2.74. The molecule has 1 rings (SSSR count).